The molecule has 2 aromatic carbocycles. The number of nitrogens with zero attached hydrogens (tertiary/aromatic N) is 5. The Morgan fingerprint density at radius 2 is 1.95 bits per heavy atom. The van der Waals surface area contributed by atoms with Crippen LogP contribution in [0.5, 0.6) is 0 Å². The zero-order chi connectivity index (χ0) is 25.5. The van der Waals surface area contributed by atoms with Crippen molar-refractivity contribution in [2.75, 3.05) is 17.6 Å². The van der Waals surface area contributed by atoms with Gasteiger partial charge in [0.05, 0.1) is 6.42 Å². The number of rotatable bonds is 4. The minimum atomic E-state index is -0.496. The number of aromatic nitrogens is 4. The van der Waals surface area contributed by atoms with Crippen LogP contribution in [-0.4, -0.2) is 42.6 Å². The second-order valence-corrected chi connectivity index (χ2v) is 8.95. The Bertz CT molecular complexity index is 1680. The smallest absolute Gasteiger partial charge is 0.274 e. The van der Waals surface area contributed by atoms with Crippen LogP contribution < -0.4 is 11.1 Å². The van der Waals surface area contributed by atoms with E-state index in [0.29, 0.717) is 36.4 Å². The number of hydrogen-bond donors (Lipinski definition) is 2. The zero-order valence-electron chi connectivity index (χ0n) is 19.7. The van der Waals surface area contributed by atoms with E-state index in [2.05, 4.69) is 20.3 Å². The van der Waals surface area contributed by atoms with E-state index in [0.717, 1.165) is 16.7 Å². The third-order valence-electron chi connectivity index (χ3n) is 6.49. The number of carbonyl (C=O) groups is 2. The fourth-order valence-corrected chi connectivity index (χ4v) is 4.69. The predicted octanol–water partition coefficient (Wildman–Crippen LogP) is 3.38. The third kappa shape index (κ3) is 4.22. The van der Waals surface area contributed by atoms with Crippen LogP contribution in [0.3, 0.4) is 0 Å². The summed E-state index contributed by atoms with van der Waals surface area (Å²) in [6, 6.07) is 15.8. The first-order chi connectivity index (χ1) is 18.0. The number of nitrogens with one attached hydrogen (secondary N) is 1. The summed E-state index contributed by atoms with van der Waals surface area (Å²) in [6.07, 6.45) is 4.06. The summed E-state index contributed by atoms with van der Waals surface area (Å²) in [5.74, 6) is -0.301. The van der Waals surface area contributed by atoms with Crippen LogP contribution in [0.25, 0.3) is 16.6 Å². The van der Waals surface area contributed by atoms with Crippen molar-refractivity contribution in [3.63, 3.8) is 0 Å². The number of hydrogen-bond acceptors (Lipinski definition) is 6. The quantitative estimate of drug-likeness (QED) is 0.395. The van der Waals surface area contributed by atoms with Crippen molar-refractivity contribution in [3.05, 3.63) is 95.2 Å². The average molecular weight is 496 g/mol. The number of amides is 2. The molecule has 0 radical (unpaired) electrons. The first kappa shape index (κ1) is 22.6. The van der Waals surface area contributed by atoms with Gasteiger partial charge in [-0.2, -0.15) is 0 Å². The predicted molar refractivity (Wildman–Crippen MR) is 136 cm³/mol. The van der Waals surface area contributed by atoms with Gasteiger partial charge in [0.25, 0.3) is 5.91 Å². The number of anilines is 2. The number of carbonyl (C=O) groups excluding carboxylic acids is 2. The highest BCUT2D eigenvalue weighted by molar-refractivity contribution is 5.98. The van der Waals surface area contributed by atoms with E-state index < -0.39 is 5.82 Å². The van der Waals surface area contributed by atoms with Crippen LogP contribution in [0.2, 0.25) is 0 Å². The lowest BCUT2D eigenvalue weighted by molar-refractivity contribution is -0.115. The van der Waals surface area contributed by atoms with Gasteiger partial charge in [-0.05, 0) is 47.4 Å². The van der Waals surface area contributed by atoms with E-state index in [1.807, 2.05) is 24.3 Å². The van der Waals surface area contributed by atoms with Crippen molar-refractivity contribution in [3.8, 4) is 0 Å². The van der Waals surface area contributed by atoms with Crippen LogP contribution in [0.15, 0.2) is 67.0 Å². The van der Waals surface area contributed by atoms with Crippen molar-refractivity contribution >= 4 is 40.1 Å². The van der Waals surface area contributed by atoms with Crippen LogP contribution in [0.4, 0.5) is 16.2 Å². The Morgan fingerprint density at radius 1 is 1.05 bits per heavy atom. The van der Waals surface area contributed by atoms with E-state index in [9.17, 15) is 14.0 Å². The second-order valence-electron chi connectivity index (χ2n) is 8.95. The van der Waals surface area contributed by atoms with E-state index in [1.54, 1.807) is 41.6 Å². The van der Waals surface area contributed by atoms with Crippen LogP contribution in [0.1, 0.15) is 27.2 Å². The molecular weight excluding hydrogens is 473 g/mol. The van der Waals surface area contributed by atoms with Crippen LogP contribution in [0, 0.1) is 5.82 Å². The van der Waals surface area contributed by atoms with Crippen molar-refractivity contribution in [1.29, 1.82) is 0 Å². The van der Waals surface area contributed by atoms with E-state index >= 15 is 0 Å². The van der Waals surface area contributed by atoms with Gasteiger partial charge in [0.2, 0.25) is 11.9 Å². The fraction of sp³-hybridized carbons (Fsp3) is 0.148. The summed E-state index contributed by atoms with van der Waals surface area (Å²) in [6.45, 7) is 0.929. The standard InChI is InChI=1S/C27H22FN7O2/c28-20-5-3-4-19-24(20)33-27(29)35-15-21(31-25(19)35)26(37)34-11-9-17-12-16(7-8-18(17)14-34)13-23(36)32-22-6-1-2-10-30-22/h1-8,10,12,15H,9,11,13-14H2,(H2,29,33)(H,30,32,36). The summed E-state index contributed by atoms with van der Waals surface area (Å²) in [4.78, 5) is 40.2. The number of halogens is 1. The molecule has 9 nitrogen and oxygen atoms in total. The van der Waals surface area contributed by atoms with Crippen molar-refractivity contribution in [2.45, 2.75) is 19.4 Å². The van der Waals surface area contributed by atoms with Gasteiger partial charge in [-0.25, -0.2) is 19.3 Å². The van der Waals surface area contributed by atoms with Gasteiger partial charge in [-0.15, -0.1) is 0 Å². The molecule has 0 spiro atoms. The van der Waals surface area contributed by atoms with E-state index in [4.69, 9.17) is 5.73 Å². The molecule has 0 atom stereocenters. The van der Waals surface area contributed by atoms with Gasteiger partial charge < -0.3 is 16.0 Å². The maximum atomic E-state index is 14.2. The second kappa shape index (κ2) is 8.98. The minimum absolute atomic E-state index is 0.0581. The number of nitrogens with two attached hydrogens (primary N) is 1. The highest BCUT2D eigenvalue weighted by atomic mass is 19.1. The van der Waals surface area contributed by atoms with E-state index in [-0.39, 0.29) is 35.4 Å². The summed E-state index contributed by atoms with van der Waals surface area (Å²) in [5.41, 5.74) is 9.78. The molecule has 0 bridgehead atoms. The number of pyridine rings is 1. The molecule has 1 aliphatic rings. The minimum Gasteiger partial charge on any atom is -0.369 e. The summed E-state index contributed by atoms with van der Waals surface area (Å²) < 4.78 is 15.7. The van der Waals surface area contributed by atoms with Gasteiger partial charge in [0.1, 0.15) is 28.5 Å². The van der Waals surface area contributed by atoms with Crippen molar-refractivity contribution < 1.29 is 14.0 Å². The molecule has 37 heavy (non-hydrogen) atoms. The van der Waals surface area contributed by atoms with Crippen molar-refractivity contribution in [1.82, 2.24) is 24.3 Å². The largest absolute Gasteiger partial charge is 0.369 e. The molecule has 1 aliphatic heterocycles. The Balaban J connectivity index is 1.20. The number of para-hydroxylation sites is 1. The molecule has 3 N–H and O–H groups in total. The first-order valence-corrected chi connectivity index (χ1v) is 11.8. The van der Waals surface area contributed by atoms with Crippen molar-refractivity contribution in [2.24, 2.45) is 0 Å². The van der Waals surface area contributed by atoms with Crippen LogP contribution >= 0.6 is 0 Å². The molecule has 10 heteroatoms. The highest BCUT2D eigenvalue weighted by Crippen LogP contribution is 2.25. The summed E-state index contributed by atoms with van der Waals surface area (Å²) in [7, 11) is 0. The van der Waals surface area contributed by atoms with Gasteiger partial charge in [-0.3, -0.25) is 14.0 Å². The number of nitrogen functional groups attached to an aromatic ring is 1. The molecule has 0 saturated carbocycles. The molecule has 0 saturated heterocycles. The van der Waals surface area contributed by atoms with E-state index in [1.165, 1.54) is 10.5 Å². The maximum absolute atomic E-state index is 14.2. The third-order valence-corrected chi connectivity index (χ3v) is 6.49. The normalized spacial score (nSPS) is 13.1. The topological polar surface area (TPSA) is 119 Å². The first-order valence-electron chi connectivity index (χ1n) is 11.8. The lowest BCUT2D eigenvalue weighted by Gasteiger charge is -2.28. The van der Waals surface area contributed by atoms with Gasteiger partial charge in [0.15, 0.2) is 0 Å². The van der Waals surface area contributed by atoms with Gasteiger partial charge in [-0.1, -0.05) is 30.3 Å². The molecule has 0 unspecified atom stereocenters. The maximum Gasteiger partial charge on any atom is 0.274 e. The number of benzene rings is 2. The molecule has 6 rings (SSSR count). The van der Waals surface area contributed by atoms with Gasteiger partial charge in [0, 0.05) is 30.9 Å². The monoisotopic (exact) mass is 495 g/mol. The lowest BCUT2D eigenvalue weighted by Crippen LogP contribution is -2.36. The molecule has 0 aliphatic carbocycles. The Labute approximate surface area is 210 Å². The Morgan fingerprint density at radius 3 is 2.78 bits per heavy atom. The zero-order valence-corrected chi connectivity index (χ0v) is 19.7. The molecule has 2 amide bonds. The highest BCUT2D eigenvalue weighted by Gasteiger charge is 2.25. The number of fused-ring (bicyclic) bond motifs is 4. The molecule has 3 aromatic heterocycles. The molecule has 4 heterocycles. The summed E-state index contributed by atoms with van der Waals surface area (Å²) >= 11 is 0. The SMILES string of the molecule is Nc1nc2c(F)cccc2c2nc(C(=O)N3CCc4cc(CC(=O)Nc5ccccn5)ccc4C3)cn12. The van der Waals surface area contributed by atoms with Gasteiger partial charge >= 0.3 is 0 Å². The molecule has 184 valence electrons. The fourth-order valence-electron chi connectivity index (χ4n) is 4.69. The Kier molecular flexibility index (Phi) is 5.48. The average Bonchev–Trinajstić information content (AvgIpc) is 3.36. The summed E-state index contributed by atoms with van der Waals surface area (Å²) in [5, 5.41) is 3.28. The van der Waals surface area contributed by atoms with Crippen LogP contribution in [-0.2, 0) is 24.2 Å². The Hall–Kier alpha value is -4.86. The molecule has 0 fully saturated rings. The molecule has 5 aromatic rings. The molecular formula is C27H22FN7O2. The number of imidazole rings is 1. The lowest BCUT2D eigenvalue weighted by atomic mass is 9.96.